The molecule has 0 aliphatic carbocycles. The quantitative estimate of drug-likeness (QED) is 0.552. The number of hydrogen-bond donors (Lipinski definition) is 1. The summed E-state index contributed by atoms with van der Waals surface area (Å²) in [5.41, 5.74) is -0.850. The summed E-state index contributed by atoms with van der Waals surface area (Å²) in [4.78, 5) is 22.8. The average molecular weight is 152 g/mol. The third-order valence-corrected chi connectivity index (χ3v) is 1.32. The molecule has 0 bridgehead atoms. The number of imide groups is 1. The van der Waals surface area contributed by atoms with Crippen molar-refractivity contribution < 1.29 is 16.5 Å². The Morgan fingerprint density at radius 1 is 1.18 bits per heavy atom. The van der Waals surface area contributed by atoms with Gasteiger partial charge in [0.1, 0.15) is 0 Å². The minimum Gasteiger partial charge on any atom is -0.288 e. The number of carbonyl (C=O) groups excluding carboxylic acids is 2. The zero-order chi connectivity index (χ0) is 12.2. The molecule has 3 heteroatoms. The smallest absolute Gasteiger partial charge is 0.258 e. The van der Waals surface area contributed by atoms with Crippen LogP contribution in [-0.2, 0) is 0 Å². The maximum absolute atomic E-state index is 11.4. The zero-order valence-electron chi connectivity index (χ0n) is 10.3. The van der Waals surface area contributed by atoms with E-state index in [0.29, 0.717) is 0 Å². The predicted molar refractivity (Wildman–Crippen MR) is 38.2 cm³/mol. The molecule has 0 unspecified atom stereocenters. The van der Waals surface area contributed by atoms with Crippen LogP contribution < -0.4 is 5.31 Å². The number of rotatable bonds is 0. The summed E-state index contributed by atoms with van der Waals surface area (Å²) in [7, 11) is 0. The topological polar surface area (TPSA) is 46.2 Å². The molecule has 1 aromatic carbocycles. The Morgan fingerprint density at radius 2 is 1.64 bits per heavy atom. The fraction of sp³-hybridized carbons (Fsp3) is 0. The molecule has 1 N–H and O–H groups in total. The van der Waals surface area contributed by atoms with Crippen LogP contribution in [0.15, 0.2) is 24.2 Å². The van der Waals surface area contributed by atoms with Crippen LogP contribution in [0, 0.1) is 0 Å². The Hall–Kier alpha value is -1.64. The minimum absolute atomic E-state index is 0.0413. The Bertz CT molecular complexity index is 495. The molecule has 1 heterocycles. The van der Waals surface area contributed by atoms with Crippen LogP contribution in [0.3, 0.4) is 0 Å². The molecule has 0 atom stereocenters. The second-order valence-electron chi connectivity index (χ2n) is 1.97. The number of benzene rings is 1. The molecule has 2 rings (SSSR count). The van der Waals surface area contributed by atoms with E-state index in [-0.39, 0.29) is 5.31 Å². The number of nitrogens with one attached hydrogen (secondary N) is 1. The predicted octanol–water partition coefficient (Wildman–Crippen LogP) is 0.570. The lowest BCUT2D eigenvalue weighted by Crippen LogP contribution is -2.19. The molecule has 54 valence electrons. The average Bonchev–Trinajstić information content (AvgIpc) is 2.48. The first-order valence-electron chi connectivity index (χ1n) is 5.30. The Morgan fingerprint density at radius 3 is 2.09 bits per heavy atom. The van der Waals surface area contributed by atoms with Crippen molar-refractivity contribution in [3.63, 3.8) is 0 Å². The molecule has 2 amide bonds. The van der Waals surface area contributed by atoms with Crippen LogP contribution in [0.1, 0.15) is 26.2 Å². The molecular formula is C8H5NO2. The van der Waals surface area contributed by atoms with E-state index in [9.17, 15) is 9.59 Å². The maximum atomic E-state index is 11.4. The van der Waals surface area contributed by atoms with Crippen LogP contribution >= 0.6 is 0 Å². The van der Waals surface area contributed by atoms with Gasteiger partial charge in [0.15, 0.2) is 1.41 Å². The standard InChI is InChI=1S/C8H5NO2/c10-7-5-3-1-2-4-6(5)8(11)9-7/h1-4H,(H,9,10,11)/i1D,2D,3D,4D/hD. The number of carbonyl (C=O) groups is 2. The molecule has 1 aliphatic rings. The molecular weight excluding hydrogens is 142 g/mol. The van der Waals surface area contributed by atoms with Crippen molar-refractivity contribution in [2.24, 2.45) is 0 Å². The van der Waals surface area contributed by atoms with Gasteiger partial charge in [0.2, 0.25) is 0 Å². The molecule has 1 aliphatic heterocycles. The van der Waals surface area contributed by atoms with Gasteiger partial charge in [-0.3, -0.25) is 14.9 Å². The first-order valence-corrected chi connectivity index (χ1v) is 2.86. The lowest BCUT2D eigenvalue weighted by molar-refractivity contribution is 0.0879. The first-order chi connectivity index (χ1) is 7.37. The molecule has 11 heavy (non-hydrogen) atoms. The van der Waals surface area contributed by atoms with Gasteiger partial charge in [-0.05, 0) is 12.1 Å². The molecule has 1 aromatic rings. The Balaban J connectivity index is 2.91. The number of amides is 2. The lowest BCUT2D eigenvalue weighted by atomic mass is 10.1. The van der Waals surface area contributed by atoms with Gasteiger partial charge in [-0.1, -0.05) is 12.1 Å². The third-order valence-electron chi connectivity index (χ3n) is 1.32. The summed E-state index contributed by atoms with van der Waals surface area (Å²) in [6.07, 6.45) is 0. The van der Waals surface area contributed by atoms with Crippen molar-refractivity contribution in [1.29, 1.82) is 0 Å². The largest absolute Gasteiger partial charge is 0.288 e. The van der Waals surface area contributed by atoms with Gasteiger partial charge in [0, 0.05) is 0 Å². The SMILES string of the molecule is [2H]c1c([2H])c([2H])c2c(c1[2H])C(=O)N([2H])C2=O. The van der Waals surface area contributed by atoms with Gasteiger partial charge in [-0.2, -0.15) is 0 Å². The summed E-state index contributed by atoms with van der Waals surface area (Å²) in [6, 6.07) is -2.33. The Labute approximate surface area is 70.1 Å². The summed E-state index contributed by atoms with van der Waals surface area (Å²) in [5.74, 6) is -2.04. The van der Waals surface area contributed by atoms with Crippen LogP contribution in [-0.4, -0.2) is 11.8 Å². The van der Waals surface area contributed by atoms with Crippen LogP contribution in [0.2, 0.25) is 1.41 Å². The lowest BCUT2D eigenvalue weighted by Gasteiger charge is -1.88. The second-order valence-corrected chi connectivity index (χ2v) is 1.97. The molecule has 3 nitrogen and oxygen atoms in total. The summed E-state index contributed by atoms with van der Waals surface area (Å²) >= 11 is 0. The highest BCUT2D eigenvalue weighted by molar-refractivity contribution is 6.21. The van der Waals surface area contributed by atoms with Gasteiger partial charge in [-0.15, -0.1) is 0 Å². The van der Waals surface area contributed by atoms with Gasteiger partial charge >= 0.3 is 0 Å². The molecule has 0 saturated carbocycles. The van der Waals surface area contributed by atoms with E-state index >= 15 is 0 Å². The van der Waals surface area contributed by atoms with Gasteiger partial charge < -0.3 is 0 Å². The summed E-state index contributed by atoms with van der Waals surface area (Å²) in [5, 5.41) is 0.0413. The van der Waals surface area contributed by atoms with E-state index in [0.717, 1.165) is 0 Å². The third kappa shape index (κ3) is 0.741. The van der Waals surface area contributed by atoms with Crippen molar-refractivity contribution in [3.05, 3.63) is 35.3 Å². The minimum atomic E-state index is -1.02. The van der Waals surface area contributed by atoms with Gasteiger partial charge in [0.25, 0.3) is 11.8 Å². The monoisotopic (exact) mass is 152 g/mol. The highest BCUT2D eigenvalue weighted by atomic mass is 16.2. The van der Waals surface area contributed by atoms with Crippen LogP contribution in [0.25, 0.3) is 0 Å². The first kappa shape index (κ1) is 2.77. The van der Waals surface area contributed by atoms with E-state index in [2.05, 4.69) is 0 Å². The molecule has 0 saturated heterocycles. The van der Waals surface area contributed by atoms with E-state index in [4.69, 9.17) is 6.89 Å². The maximum Gasteiger partial charge on any atom is 0.258 e. The highest BCUT2D eigenvalue weighted by Crippen LogP contribution is 2.13. The summed E-state index contributed by atoms with van der Waals surface area (Å²) < 4.78 is 36.7. The van der Waals surface area contributed by atoms with Gasteiger partial charge in [0.05, 0.1) is 16.6 Å². The van der Waals surface area contributed by atoms with E-state index < -0.39 is 47.1 Å². The fourth-order valence-corrected chi connectivity index (χ4v) is 0.837. The van der Waals surface area contributed by atoms with Crippen molar-refractivity contribution in [2.75, 3.05) is 0 Å². The van der Waals surface area contributed by atoms with Crippen molar-refractivity contribution >= 4 is 11.8 Å². The Kier molecular flexibility index (Phi) is 0.484. The van der Waals surface area contributed by atoms with E-state index in [1.54, 1.807) is 0 Å². The highest BCUT2D eigenvalue weighted by Gasteiger charge is 2.25. The van der Waals surface area contributed by atoms with Crippen molar-refractivity contribution in [2.45, 2.75) is 0 Å². The number of hydrogen-bond acceptors (Lipinski definition) is 2. The van der Waals surface area contributed by atoms with Crippen LogP contribution in [0.5, 0.6) is 0 Å². The summed E-state index contributed by atoms with van der Waals surface area (Å²) in [6.45, 7) is 0. The zero-order valence-corrected chi connectivity index (χ0v) is 5.26. The molecule has 0 spiro atoms. The van der Waals surface area contributed by atoms with Crippen LogP contribution in [0.4, 0.5) is 0 Å². The van der Waals surface area contributed by atoms with E-state index in [1.165, 1.54) is 0 Å². The molecule has 0 fully saturated rings. The van der Waals surface area contributed by atoms with Crippen molar-refractivity contribution in [3.8, 4) is 0 Å². The second kappa shape index (κ2) is 1.92. The van der Waals surface area contributed by atoms with Gasteiger partial charge in [-0.25, -0.2) is 0 Å². The normalized spacial score (nSPS) is 21.8. The van der Waals surface area contributed by atoms with E-state index in [1.807, 2.05) is 0 Å². The molecule has 0 aromatic heterocycles. The fourth-order valence-electron chi connectivity index (χ4n) is 0.837. The number of fused-ring (bicyclic) bond motifs is 1. The van der Waals surface area contributed by atoms with Crippen molar-refractivity contribution in [1.82, 2.24) is 5.31 Å². The molecule has 0 radical (unpaired) electrons.